The van der Waals surface area contributed by atoms with E-state index in [9.17, 15) is 14.3 Å². The van der Waals surface area contributed by atoms with Gasteiger partial charge in [0.1, 0.15) is 5.82 Å². The zero-order chi connectivity index (χ0) is 15.0. The Hall–Kier alpha value is -1.64. The molecule has 1 N–H and O–H groups in total. The largest absolute Gasteiger partial charge is 0.481 e. The SMILES string of the molecule is C=C1CC2CCCC(C1)C2(CC(=O)O)c1ccc(F)cc1. The smallest absolute Gasteiger partial charge is 0.304 e. The zero-order valence-corrected chi connectivity index (χ0v) is 12.1. The van der Waals surface area contributed by atoms with Crippen LogP contribution in [0.25, 0.3) is 0 Å². The predicted octanol–water partition coefficient (Wildman–Crippen LogP) is 4.30. The molecule has 112 valence electrons. The third-order valence-electron chi connectivity index (χ3n) is 5.46. The number of aliphatic carboxylic acids is 1. The molecule has 0 aromatic heterocycles. The molecule has 2 aliphatic rings. The molecule has 3 heteroatoms. The number of hydrogen-bond acceptors (Lipinski definition) is 1. The van der Waals surface area contributed by atoms with Crippen LogP contribution in [0.15, 0.2) is 36.4 Å². The lowest BCUT2D eigenvalue weighted by molar-refractivity contribution is -0.141. The van der Waals surface area contributed by atoms with E-state index in [0.717, 1.165) is 37.7 Å². The van der Waals surface area contributed by atoms with Crippen LogP contribution in [-0.2, 0) is 10.2 Å². The predicted molar refractivity (Wildman–Crippen MR) is 79.5 cm³/mol. The van der Waals surface area contributed by atoms with Gasteiger partial charge >= 0.3 is 5.97 Å². The van der Waals surface area contributed by atoms with Crippen molar-refractivity contribution < 1.29 is 14.3 Å². The average molecular weight is 288 g/mol. The van der Waals surface area contributed by atoms with Gasteiger partial charge < -0.3 is 5.11 Å². The Balaban J connectivity index is 2.10. The molecule has 2 nitrogen and oxygen atoms in total. The Kier molecular flexibility index (Phi) is 3.60. The number of allylic oxidation sites excluding steroid dienone is 1. The summed E-state index contributed by atoms with van der Waals surface area (Å²) < 4.78 is 13.3. The van der Waals surface area contributed by atoms with E-state index in [0.29, 0.717) is 11.8 Å². The van der Waals surface area contributed by atoms with Gasteiger partial charge in [-0.2, -0.15) is 0 Å². The first-order valence-corrected chi connectivity index (χ1v) is 7.67. The summed E-state index contributed by atoms with van der Waals surface area (Å²) in [5.41, 5.74) is 1.89. The summed E-state index contributed by atoms with van der Waals surface area (Å²) in [6.45, 7) is 4.14. The second kappa shape index (κ2) is 5.28. The number of carbonyl (C=O) groups is 1. The summed E-state index contributed by atoms with van der Waals surface area (Å²) in [4.78, 5) is 11.5. The summed E-state index contributed by atoms with van der Waals surface area (Å²) in [6, 6.07) is 6.49. The van der Waals surface area contributed by atoms with Crippen LogP contribution in [0.5, 0.6) is 0 Å². The third-order valence-corrected chi connectivity index (χ3v) is 5.46. The van der Waals surface area contributed by atoms with E-state index in [2.05, 4.69) is 6.58 Å². The van der Waals surface area contributed by atoms with Gasteiger partial charge in [0.15, 0.2) is 0 Å². The van der Waals surface area contributed by atoms with Crippen LogP contribution in [0.2, 0.25) is 0 Å². The maximum absolute atomic E-state index is 13.3. The highest BCUT2D eigenvalue weighted by Crippen LogP contribution is 2.57. The van der Waals surface area contributed by atoms with Gasteiger partial charge in [-0.3, -0.25) is 4.79 Å². The average Bonchev–Trinajstić information content (AvgIpc) is 2.40. The summed E-state index contributed by atoms with van der Waals surface area (Å²) in [7, 11) is 0. The molecule has 2 aliphatic carbocycles. The van der Waals surface area contributed by atoms with Crippen molar-refractivity contribution in [3.8, 4) is 0 Å². The van der Waals surface area contributed by atoms with Crippen LogP contribution in [-0.4, -0.2) is 11.1 Å². The molecular weight excluding hydrogens is 267 g/mol. The van der Waals surface area contributed by atoms with E-state index in [-0.39, 0.29) is 17.7 Å². The summed E-state index contributed by atoms with van der Waals surface area (Å²) in [5, 5.41) is 9.47. The van der Waals surface area contributed by atoms with Gasteiger partial charge in [0, 0.05) is 5.41 Å². The number of fused-ring (bicyclic) bond motifs is 2. The molecule has 0 saturated heterocycles. The topological polar surface area (TPSA) is 37.3 Å². The second-order valence-electron chi connectivity index (χ2n) is 6.60. The first-order valence-electron chi connectivity index (χ1n) is 7.67. The first kappa shape index (κ1) is 14.3. The Morgan fingerprint density at radius 2 is 1.81 bits per heavy atom. The number of benzene rings is 1. The monoisotopic (exact) mass is 288 g/mol. The molecule has 3 rings (SSSR count). The molecule has 2 atom stereocenters. The van der Waals surface area contributed by atoms with Gasteiger partial charge in [0.05, 0.1) is 6.42 Å². The first-order chi connectivity index (χ1) is 10.0. The molecule has 2 unspecified atom stereocenters. The minimum Gasteiger partial charge on any atom is -0.481 e. The minimum atomic E-state index is -0.760. The Bertz CT molecular complexity index is 545. The van der Waals surface area contributed by atoms with E-state index >= 15 is 0 Å². The number of rotatable bonds is 3. The van der Waals surface area contributed by atoms with Crippen molar-refractivity contribution in [2.75, 3.05) is 0 Å². The maximum Gasteiger partial charge on any atom is 0.304 e. The van der Waals surface area contributed by atoms with Gasteiger partial charge in [-0.25, -0.2) is 4.39 Å². The van der Waals surface area contributed by atoms with Gasteiger partial charge in [-0.05, 0) is 55.2 Å². The van der Waals surface area contributed by atoms with E-state index < -0.39 is 5.97 Å². The Labute approximate surface area is 124 Å². The van der Waals surface area contributed by atoms with Gasteiger partial charge in [-0.1, -0.05) is 30.7 Å². The number of hydrogen-bond donors (Lipinski definition) is 1. The highest BCUT2D eigenvalue weighted by Gasteiger charge is 2.52. The van der Waals surface area contributed by atoms with E-state index in [1.54, 1.807) is 12.1 Å². The lowest BCUT2D eigenvalue weighted by Crippen LogP contribution is -2.49. The maximum atomic E-state index is 13.3. The summed E-state index contributed by atoms with van der Waals surface area (Å²) in [5.74, 6) is -0.392. The number of carboxylic acid groups (broad SMARTS) is 1. The molecule has 0 heterocycles. The normalized spacial score (nSPS) is 32.0. The summed E-state index contributed by atoms with van der Waals surface area (Å²) >= 11 is 0. The molecule has 0 spiro atoms. The van der Waals surface area contributed by atoms with Crippen LogP contribution in [0.3, 0.4) is 0 Å². The molecule has 1 aromatic carbocycles. The van der Waals surface area contributed by atoms with Crippen LogP contribution >= 0.6 is 0 Å². The molecule has 0 aliphatic heterocycles. The van der Waals surface area contributed by atoms with Gasteiger partial charge in [-0.15, -0.1) is 0 Å². The molecular formula is C18H21FO2. The molecule has 21 heavy (non-hydrogen) atoms. The van der Waals surface area contributed by atoms with Crippen molar-refractivity contribution in [2.24, 2.45) is 11.8 Å². The highest BCUT2D eigenvalue weighted by molar-refractivity contribution is 5.69. The van der Waals surface area contributed by atoms with Crippen molar-refractivity contribution >= 4 is 5.97 Å². The lowest BCUT2D eigenvalue weighted by atomic mass is 9.50. The standard InChI is InChI=1S/C18H21FO2/c1-12-9-14-3-2-4-15(10-12)18(14,11-17(20)21)13-5-7-16(19)8-6-13/h5-8,14-15H,1-4,9-11H2,(H,20,21). The van der Waals surface area contributed by atoms with Crippen LogP contribution in [0, 0.1) is 17.7 Å². The molecule has 2 saturated carbocycles. The lowest BCUT2D eigenvalue weighted by Gasteiger charge is -2.53. The second-order valence-corrected chi connectivity index (χ2v) is 6.60. The van der Waals surface area contributed by atoms with Gasteiger partial charge in [0.2, 0.25) is 0 Å². The fraction of sp³-hybridized carbons (Fsp3) is 0.500. The van der Waals surface area contributed by atoms with Crippen molar-refractivity contribution in [2.45, 2.75) is 43.9 Å². The minimum absolute atomic E-state index is 0.140. The zero-order valence-electron chi connectivity index (χ0n) is 12.1. The van der Waals surface area contributed by atoms with Gasteiger partial charge in [0.25, 0.3) is 0 Å². The molecule has 2 fully saturated rings. The van der Waals surface area contributed by atoms with E-state index in [1.807, 2.05) is 0 Å². The van der Waals surface area contributed by atoms with Crippen molar-refractivity contribution in [1.82, 2.24) is 0 Å². The van der Waals surface area contributed by atoms with E-state index in [1.165, 1.54) is 17.7 Å². The Morgan fingerprint density at radius 1 is 1.24 bits per heavy atom. The number of halogens is 1. The summed E-state index contributed by atoms with van der Waals surface area (Å²) in [6.07, 6.45) is 5.19. The molecule has 0 radical (unpaired) electrons. The third kappa shape index (κ3) is 2.39. The molecule has 2 bridgehead atoms. The molecule has 1 aromatic rings. The fourth-order valence-corrected chi connectivity index (χ4v) is 4.68. The van der Waals surface area contributed by atoms with Crippen LogP contribution in [0.4, 0.5) is 4.39 Å². The van der Waals surface area contributed by atoms with Crippen molar-refractivity contribution in [3.05, 3.63) is 47.8 Å². The highest BCUT2D eigenvalue weighted by atomic mass is 19.1. The fourth-order valence-electron chi connectivity index (χ4n) is 4.68. The number of carboxylic acids is 1. The van der Waals surface area contributed by atoms with Crippen LogP contribution < -0.4 is 0 Å². The quantitative estimate of drug-likeness (QED) is 0.842. The van der Waals surface area contributed by atoms with E-state index in [4.69, 9.17) is 0 Å². The van der Waals surface area contributed by atoms with Crippen molar-refractivity contribution in [1.29, 1.82) is 0 Å². The van der Waals surface area contributed by atoms with Crippen LogP contribution in [0.1, 0.15) is 44.1 Å². The molecule has 0 amide bonds. The van der Waals surface area contributed by atoms with Crippen molar-refractivity contribution in [3.63, 3.8) is 0 Å². The Morgan fingerprint density at radius 3 is 2.33 bits per heavy atom.